The molecule has 1 saturated heterocycles. The van der Waals surface area contributed by atoms with Crippen LogP contribution in [0.4, 0.5) is 19.4 Å². The minimum absolute atomic E-state index is 0.0328. The highest BCUT2D eigenvalue weighted by atomic mass is 79.9. The number of aromatic nitrogens is 2. The molecular formula is C15H11BrClF2N5O2. The fourth-order valence-electron chi connectivity index (χ4n) is 2.95. The smallest absolute Gasteiger partial charge is 0.407 e. The molecule has 0 saturated carbocycles. The summed E-state index contributed by atoms with van der Waals surface area (Å²) in [5.74, 6) is -0.707. The Balaban J connectivity index is 2.08. The van der Waals surface area contributed by atoms with Crippen LogP contribution in [0.25, 0.3) is 10.9 Å². The van der Waals surface area contributed by atoms with Crippen molar-refractivity contribution in [3.8, 4) is 6.07 Å². The Labute approximate surface area is 159 Å². The molecule has 7 nitrogen and oxygen atoms in total. The predicted molar refractivity (Wildman–Crippen MR) is 93.1 cm³/mol. The fourth-order valence-corrected chi connectivity index (χ4v) is 3.45. The van der Waals surface area contributed by atoms with E-state index in [1.54, 1.807) is 4.90 Å². The number of anilines is 1. The van der Waals surface area contributed by atoms with Crippen LogP contribution < -0.4 is 4.90 Å². The van der Waals surface area contributed by atoms with Crippen LogP contribution in [0.15, 0.2) is 10.5 Å². The SMILES string of the molecule is N#CCC1CN(c2nc(F)nc3c(F)c(Br)c(Cl)cc23)CCN1C(=O)O. The average molecular weight is 447 g/mol. The summed E-state index contributed by atoms with van der Waals surface area (Å²) >= 11 is 8.99. The van der Waals surface area contributed by atoms with E-state index in [4.69, 9.17) is 16.9 Å². The lowest BCUT2D eigenvalue weighted by Gasteiger charge is -2.39. The molecular weight excluding hydrogens is 436 g/mol. The molecule has 1 atom stereocenters. The van der Waals surface area contributed by atoms with Crippen molar-refractivity contribution in [1.82, 2.24) is 14.9 Å². The molecule has 1 aromatic heterocycles. The van der Waals surface area contributed by atoms with Gasteiger partial charge < -0.3 is 14.9 Å². The van der Waals surface area contributed by atoms with Gasteiger partial charge in [0.15, 0.2) is 5.82 Å². The van der Waals surface area contributed by atoms with Crippen molar-refractivity contribution in [1.29, 1.82) is 5.26 Å². The molecule has 1 N–H and O–H groups in total. The molecule has 2 heterocycles. The number of amides is 1. The molecule has 1 amide bonds. The maximum absolute atomic E-state index is 14.4. The predicted octanol–water partition coefficient (Wildman–Crippen LogP) is 3.41. The highest BCUT2D eigenvalue weighted by Crippen LogP contribution is 2.35. The van der Waals surface area contributed by atoms with Crippen LogP contribution in [-0.2, 0) is 0 Å². The topological polar surface area (TPSA) is 93.4 Å². The van der Waals surface area contributed by atoms with Crippen LogP contribution in [0.3, 0.4) is 0 Å². The zero-order valence-corrected chi connectivity index (χ0v) is 15.4. The normalized spacial score (nSPS) is 17.4. The molecule has 0 aliphatic carbocycles. The van der Waals surface area contributed by atoms with Crippen molar-refractivity contribution >= 4 is 50.3 Å². The molecule has 26 heavy (non-hydrogen) atoms. The molecule has 0 radical (unpaired) electrons. The van der Waals surface area contributed by atoms with Crippen LogP contribution in [0, 0.1) is 23.2 Å². The molecule has 2 aromatic rings. The van der Waals surface area contributed by atoms with Crippen LogP contribution in [0.5, 0.6) is 0 Å². The zero-order valence-electron chi connectivity index (χ0n) is 13.1. The molecule has 11 heteroatoms. The number of rotatable bonds is 2. The summed E-state index contributed by atoms with van der Waals surface area (Å²) < 4.78 is 28.3. The summed E-state index contributed by atoms with van der Waals surface area (Å²) in [5, 5.41) is 18.5. The third-order valence-corrected chi connectivity index (χ3v) is 5.44. The van der Waals surface area contributed by atoms with Gasteiger partial charge in [-0.2, -0.15) is 19.6 Å². The summed E-state index contributed by atoms with van der Waals surface area (Å²) in [6, 6.07) is 2.75. The molecule has 0 bridgehead atoms. The van der Waals surface area contributed by atoms with Gasteiger partial charge in [0.05, 0.1) is 28.0 Å². The third kappa shape index (κ3) is 3.24. The first-order valence-electron chi connectivity index (χ1n) is 7.45. The van der Waals surface area contributed by atoms with Crippen molar-refractivity contribution in [2.75, 3.05) is 24.5 Å². The number of benzene rings is 1. The van der Waals surface area contributed by atoms with E-state index in [1.807, 2.05) is 6.07 Å². The number of carboxylic acid groups (broad SMARTS) is 1. The first kappa shape index (κ1) is 18.5. The van der Waals surface area contributed by atoms with Crippen LogP contribution in [-0.4, -0.2) is 51.7 Å². The molecule has 1 unspecified atom stereocenters. The number of hydrogen-bond acceptors (Lipinski definition) is 5. The summed E-state index contributed by atoms with van der Waals surface area (Å²) in [7, 11) is 0. The van der Waals surface area contributed by atoms with E-state index in [0.29, 0.717) is 0 Å². The summed E-state index contributed by atoms with van der Waals surface area (Å²) in [5.41, 5.74) is -0.235. The molecule has 3 rings (SSSR count). The molecule has 1 aromatic carbocycles. The Morgan fingerprint density at radius 3 is 2.85 bits per heavy atom. The minimum Gasteiger partial charge on any atom is -0.465 e. The first-order chi connectivity index (χ1) is 12.3. The number of piperazine rings is 1. The Bertz CT molecular complexity index is 939. The number of nitriles is 1. The largest absolute Gasteiger partial charge is 0.465 e. The number of hydrogen-bond donors (Lipinski definition) is 1. The van der Waals surface area contributed by atoms with Crippen LogP contribution >= 0.6 is 27.5 Å². The summed E-state index contributed by atoms with van der Waals surface area (Å²) in [4.78, 5) is 21.3. The highest BCUT2D eigenvalue weighted by molar-refractivity contribution is 9.10. The van der Waals surface area contributed by atoms with Gasteiger partial charge >= 0.3 is 12.2 Å². The van der Waals surface area contributed by atoms with Gasteiger partial charge in [-0.3, -0.25) is 0 Å². The van der Waals surface area contributed by atoms with Crippen LogP contribution in [0.1, 0.15) is 6.42 Å². The molecule has 1 aliphatic heterocycles. The van der Waals surface area contributed by atoms with Gasteiger partial charge in [0, 0.05) is 25.0 Å². The standard InChI is InChI=1S/C15H11BrClF2N5O2/c16-10-9(17)5-8-12(11(10)18)21-14(19)22-13(8)23-3-4-24(15(25)26)7(6-23)1-2-20/h5,7H,1,3-4,6H2,(H,25,26). The first-order valence-corrected chi connectivity index (χ1v) is 8.62. The van der Waals surface area contributed by atoms with E-state index < -0.39 is 24.0 Å². The van der Waals surface area contributed by atoms with E-state index in [0.717, 1.165) is 4.90 Å². The lowest BCUT2D eigenvalue weighted by atomic mass is 10.1. The van der Waals surface area contributed by atoms with Crippen molar-refractivity contribution in [2.24, 2.45) is 0 Å². The Morgan fingerprint density at radius 2 is 2.19 bits per heavy atom. The second kappa shape index (κ2) is 7.17. The van der Waals surface area contributed by atoms with E-state index in [9.17, 15) is 18.7 Å². The average Bonchev–Trinajstić information content (AvgIpc) is 2.60. The van der Waals surface area contributed by atoms with E-state index >= 15 is 0 Å². The van der Waals surface area contributed by atoms with Gasteiger partial charge in [-0.15, -0.1) is 0 Å². The van der Waals surface area contributed by atoms with Gasteiger partial charge in [-0.1, -0.05) is 11.6 Å². The Hall–Kier alpha value is -2.25. The number of fused-ring (bicyclic) bond motifs is 1. The van der Waals surface area contributed by atoms with E-state index in [-0.39, 0.29) is 52.3 Å². The van der Waals surface area contributed by atoms with E-state index in [1.165, 1.54) is 6.07 Å². The number of carbonyl (C=O) groups is 1. The Kier molecular flexibility index (Phi) is 5.11. The maximum atomic E-state index is 14.4. The molecule has 1 aliphatic rings. The monoisotopic (exact) mass is 445 g/mol. The number of nitrogens with zero attached hydrogens (tertiary/aromatic N) is 5. The van der Waals surface area contributed by atoms with Gasteiger partial charge in [0.25, 0.3) is 0 Å². The van der Waals surface area contributed by atoms with E-state index in [2.05, 4.69) is 25.9 Å². The highest BCUT2D eigenvalue weighted by Gasteiger charge is 2.32. The second-order valence-electron chi connectivity index (χ2n) is 5.64. The van der Waals surface area contributed by atoms with Gasteiger partial charge in [-0.25, -0.2) is 9.18 Å². The van der Waals surface area contributed by atoms with Crippen molar-refractivity contribution < 1.29 is 18.7 Å². The van der Waals surface area contributed by atoms with Crippen LogP contribution in [0.2, 0.25) is 5.02 Å². The van der Waals surface area contributed by atoms with Gasteiger partial charge in [0.2, 0.25) is 0 Å². The van der Waals surface area contributed by atoms with Crippen molar-refractivity contribution in [3.05, 3.63) is 27.5 Å². The van der Waals surface area contributed by atoms with Crippen molar-refractivity contribution in [3.63, 3.8) is 0 Å². The molecule has 1 fully saturated rings. The summed E-state index contributed by atoms with van der Waals surface area (Å²) in [6.07, 6.45) is -2.28. The Morgan fingerprint density at radius 1 is 1.46 bits per heavy atom. The fraction of sp³-hybridized carbons (Fsp3) is 0.333. The quantitative estimate of drug-likeness (QED) is 0.561. The third-order valence-electron chi connectivity index (χ3n) is 4.13. The second-order valence-corrected chi connectivity index (χ2v) is 6.84. The maximum Gasteiger partial charge on any atom is 0.407 e. The molecule has 0 spiro atoms. The lowest BCUT2D eigenvalue weighted by Crippen LogP contribution is -2.55. The molecule has 136 valence electrons. The van der Waals surface area contributed by atoms with Gasteiger partial charge in [0.1, 0.15) is 11.3 Å². The zero-order chi connectivity index (χ0) is 19.0. The van der Waals surface area contributed by atoms with Gasteiger partial charge in [-0.05, 0) is 22.0 Å². The number of halogens is 4. The minimum atomic E-state index is -1.14. The lowest BCUT2D eigenvalue weighted by molar-refractivity contribution is 0.119. The van der Waals surface area contributed by atoms with Crippen molar-refractivity contribution in [2.45, 2.75) is 12.5 Å². The summed E-state index contributed by atoms with van der Waals surface area (Å²) in [6.45, 7) is 0.414.